The minimum absolute atomic E-state index is 0. The predicted octanol–water partition coefficient (Wildman–Crippen LogP) is 3.02. The summed E-state index contributed by atoms with van der Waals surface area (Å²) in [5.74, 6) is 0.550. The fourth-order valence-electron chi connectivity index (χ4n) is 1.98. The van der Waals surface area contributed by atoms with Gasteiger partial charge in [0, 0.05) is 16.4 Å². The second kappa shape index (κ2) is 6.75. The number of halogens is 2. The van der Waals surface area contributed by atoms with Crippen LogP contribution in [0.5, 0.6) is 0 Å². The SMILES string of the molecule is CCNC(N)=NCC1(c2cccc(Br)c2)CC1.I. The monoisotopic (exact) mass is 423 g/mol. The lowest BCUT2D eigenvalue weighted by Gasteiger charge is -2.14. The molecule has 1 aliphatic rings. The summed E-state index contributed by atoms with van der Waals surface area (Å²) in [5, 5.41) is 3.03. The van der Waals surface area contributed by atoms with Crippen molar-refractivity contribution in [2.45, 2.75) is 25.2 Å². The van der Waals surface area contributed by atoms with E-state index in [4.69, 9.17) is 5.73 Å². The highest BCUT2D eigenvalue weighted by atomic mass is 127. The lowest BCUT2D eigenvalue weighted by molar-refractivity contribution is 0.700. The van der Waals surface area contributed by atoms with Crippen LogP contribution in [0.15, 0.2) is 33.7 Å². The van der Waals surface area contributed by atoms with Crippen LogP contribution in [-0.4, -0.2) is 19.0 Å². The van der Waals surface area contributed by atoms with Crippen LogP contribution in [0.3, 0.4) is 0 Å². The molecular formula is C13H19BrIN3. The zero-order chi connectivity index (χ0) is 12.3. The number of nitrogens with one attached hydrogen (secondary N) is 1. The molecule has 3 nitrogen and oxygen atoms in total. The van der Waals surface area contributed by atoms with Gasteiger partial charge in [-0.05, 0) is 37.5 Å². The number of rotatable bonds is 4. The number of nitrogens with two attached hydrogens (primary N) is 1. The first kappa shape index (κ1) is 15.8. The summed E-state index contributed by atoms with van der Waals surface area (Å²) in [7, 11) is 0. The molecule has 2 rings (SSSR count). The molecule has 0 bridgehead atoms. The van der Waals surface area contributed by atoms with Gasteiger partial charge in [0.2, 0.25) is 0 Å². The van der Waals surface area contributed by atoms with E-state index in [9.17, 15) is 0 Å². The van der Waals surface area contributed by atoms with Gasteiger partial charge < -0.3 is 11.1 Å². The van der Waals surface area contributed by atoms with Crippen LogP contribution >= 0.6 is 39.9 Å². The average molecular weight is 424 g/mol. The molecule has 1 saturated carbocycles. The molecule has 0 unspecified atom stereocenters. The van der Waals surface area contributed by atoms with Crippen molar-refractivity contribution < 1.29 is 0 Å². The van der Waals surface area contributed by atoms with E-state index in [1.54, 1.807) is 0 Å². The second-order valence-electron chi connectivity index (χ2n) is 4.52. The molecule has 0 amide bonds. The van der Waals surface area contributed by atoms with Crippen molar-refractivity contribution in [3.05, 3.63) is 34.3 Å². The summed E-state index contributed by atoms with van der Waals surface area (Å²) in [6.45, 7) is 3.62. The Morgan fingerprint density at radius 2 is 2.22 bits per heavy atom. The van der Waals surface area contributed by atoms with E-state index in [0.717, 1.165) is 17.6 Å². The molecule has 0 aromatic heterocycles. The van der Waals surface area contributed by atoms with Crippen LogP contribution < -0.4 is 11.1 Å². The molecule has 3 N–H and O–H groups in total. The largest absolute Gasteiger partial charge is 0.370 e. The highest BCUT2D eigenvalue weighted by Gasteiger charge is 2.44. The van der Waals surface area contributed by atoms with Crippen LogP contribution in [-0.2, 0) is 5.41 Å². The molecule has 0 radical (unpaired) electrons. The molecule has 1 fully saturated rings. The minimum atomic E-state index is 0. The van der Waals surface area contributed by atoms with E-state index in [-0.39, 0.29) is 29.4 Å². The first-order valence-electron chi connectivity index (χ1n) is 5.96. The fourth-order valence-corrected chi connectivity index (χ4v) is 2.38. The van der Waals surface area contributed by atoms with E-state index in [0.29, 0.717) is 5.96 Å². The number of hydrogen-bond acceptors (Lipinski definition) is 1. The van der Waals surface area contributed by atoms with Crippen molar-refractivity contribution in [3.63, 3.8) is 0 Å². The summed E-state index contributed by atoms with van der Waals surface area (Å²) in [5.41, 5.74) is 7.34. The second-order valence-corrected chi connectivity index (χ2v) is 5.44. The maximum Gasteiger partial charge on any atom is 0.188 e. The van der Waals surface area contributed by atoms with Crippen LogP contribution in [0.25, 0.3) is 0 Å². The van der Waals surface area contributed by atoms with Gasteiger partial charge in [-0.25, -0.2) is 0 Å². The number of nitrogens with zero attached hydrogens (tertiary/aromatic N) is 1. The Hall–Kier alpha value is -0.300. The standard InChI is InChI=1S/C13H18BrN3.HI/c1-2-16-12(15)17-9-13(6-7-13)10-4-3-5-11(14)8-10;/h3-5,8H,2,6-7,9H2,1H3,(H3,15,16,17);1H. The van der Waals surface area contributed by atoms with Crippen molar-refractivity contribution in [2.24, 2.45) is 10.7 Å². The Labute approximate surface area is 134 Å². The summed E-state index contributed by atoms with van der Waals surface area (Å²) < 4.78 is 1.13. The summed E-state index contributed by atoms with van der Waals surface area (Å²) in [6.07, 6.45) is 2.40. The Bertz CT molecular complexity index is 430. The molecule has 1 aliphatic carbocycles. The molecule has 0 heterocycles. The van der Waals surface area contributed by atoms with Crippen LogP contribution in [0.2, 0.25) is 0 Å². The van der Waals surface area contributed by atoms with Gasteiger partial charge in [-0.1, -0.05) is 28.1 Å². The summed E-state index contributed by atoms with van der Waals surface area (Å²) in [4.78, 5) is 4.42. The van der Waals surface area contributed by atoms with E-state index in [1.807, 2.05) is 6.92 Å². The van der Waals surface area contributed by atoms with Gasteiger partial charge in [-0.2, -0.15) is 0 Å². The first-order valence-corrected chi connectivity index (χ1v) is 6.75. The molecule has 1 aromatic rings. The van der Waals surface area contributed by atoms with Gasteiger partial charge in [0.15, 0.2) is 5.96 Å². The maximum atomic E-state index is 5.76. The molecule has 5 heteroatoms. The van der Waals surface area contributed by atoms with E-state index in [1.165, 1.54) is 18.4 Å². The predicted molar refractivity (Wildman–Crippen MR) is 90.6 cm³/mol. The molecule has 0 saturated heterocycles. The highest BCUT2D eigenvalue weighted by Crippen LogP contribution is 2.48. The van der Waals surface area contributed by atoms with Crippen LogP contribution in [0.4, 0.5) is 0 Å². The fraction of sp³-hybridized carbons (Fsp3) is 0.462. The Kier molecular flexibility index (Phi) is 5.91. The van der Waals surface area contributed by atoms with Crippen molar-refractivity contribution in [1.82, 2.24) is 5.32 Å². The van der Waals surface area contributed by atoms with Gasteiger partial charge in [0.05, 0.1) is 6.54 Å². The topological polar surface area (TPSA) is 50.4 Å². The highest BCUT2D eigenvalue weighted by molar-refractivity contribution is 14.0. The normalized spacial score (nSPS) is 16.9. The molecule has 1 aromatic carbocycles. The molecule has 0 spiro atoms. The van der Waals surface area contributed by atoms with Gasteiger partial charge in [0.25, 0.3) is 0 Å². The zero-order valence-electron chi connectivity index (χ0n) is 10.4. The maximum absolute atomic E-state index is 5.76. The Morgan fingerprint density at radius 3 is 2.78 bits per heavy atom. The number of benzene rings is 1. The van der Waals surface area contributed by atoms with Crippen LogP contribution in [0.1, 0.15) is 25.3 Å². The van der Waals surface area contributed by atoms with Gasteiger partial charge in [-0.3, -0.25) is 4.99 Å². The van der Waals surface area contributed by atoms with E-state index in [2.05, 4.69) is 50.5 Å². The molecule has 0 atom stereocenters. The van der Waals surface area contributed by atoms with Crippen molar-refractivity contribution >= 4 is 45.9 Å². The average Bonchev–Trinajstić information content (AvgIpc) is 3.08. The molecular weight excluding hydrogens is 405 g/mol. The van der Waals surface area contributed by atoms with Crippen LogP contribution in [0, 0.1) is 0 Å². The quantitative estimate of drug-likeness (QED) is 0.444. The van der Waals surface area contributed by atoms with Crippen molar-refractivity contribution in [3.8, 4) is 0 Å². The Balaban J connectivity index is 0.00000162. The lowest BCUT2D eigenvalue weighted by atomic mass is 9.96. The number of aliphatic imine (C=N–C) groups is 1. The third-order valence-corrected chi connectivity index (χ3v) is 3.69. The smallest absolute Gasteiger partial charge is 0.188 e. The molecule has 100 valence electrons. The third kappa shape index (κ3) is 3.85. The molecule has 18 heavy (non-hydrogen) atoms. The van der Waals surface area contributed by atoms with Gasteiger partial charge in [0.1, 0.15) is 0 Å². The zero-order valence-corrected chi connectivity index (χ0v) is 14.4. The van der Waals surface area contributed by atoms with E-state index >= 15 is 0 Å². The minimum Gasteiger partial charge on any atom is -0.370 e. The van der Waals surface area contributed by atoms with Gasteiger partial charge >= 0.3 is 0 Å². The van der Waals surface area contributed by atoms with Gasteiger partial charge in [-0.15, -0.1) is 24.0 Å². The van der Waals surface area contributed by atoms with Crippen molar-refractivity contribution in [1.29, 1.82) is 0 Å². The molecule has 0 aliphatic heterocycles. The van der Waals surface area contributed by atoms with Crippen molar-refractivity contribution in [2.75, 3.05) is 13.1 Å². The summed E-state index contributed by atoms with van der Waals surface area (Å²) in [6, 6.07) is 8.50. The summed E-state index contributed by atoms with van der Waals surface area (Å²) >= 11 is 3.51. The first-order chi connectivity index (χ1) is 8.16. The Morgan fingerprint density at radius 1 is 1.50 bits per heavy atom. The number of hydrogen-bond donors (Lipinski definition) is 2. The number of guanidine groups is 1. The van der Waals surface area contributed by atoms with E-state index < -0.39 is 0 Å². The third-order valence-electron chi connectivity index (χ3n) is 3.20. The lowest BCUT2D eigenvalue weighted by Crippen LogP contribution is -2.32.